The molecule has 0 unspecified atom stereocenters. The van der Waals surface area contributed by atoms with Gasteiger partial charge in [-0.25, -0.2) is 0 Å². The minimum Gasteiger partial charge on any atom is -0.348 e. The molecule has 1 amide bonds. The molecule has 22 heavy (non-hydrogen) atoms. The fourth-order valence-corrected chi connectivity index (χ4v) is 2.52. The lowest BCUT2D eigenvalue weighted by molar-refractivity contribution is 0.0458. The highest BCUT2D eigenvalue weighted by Gasteiger charge is 2.17. The zero-order chi connectivity index (χ0) is 15.4. The largest absolute Gasteiger partial charge is 0.348 e. The standard InChI is InChI=1S/C17H15BrN2O2/c18-16-10-15(22-20-16)13-6-8-14(9-7-13)17(21)19-11-12-4-2-1-3-5-12/h1-10,15,20H,11H2,(H,19,21)/t15-/m0/s1. The van der Waals surface area contributed by atoms with E-state index in [1.165, 1.54) is 0 Å². The number of hydrogen-bond acceptors (Lipinski definition) is 3. The van der Waals surface area contributed by atoms with Crippen molar-refractivity contribution >= 4 is 21.8 Å². The predicted octanol–water partition coefficient (Wildman–Crippen LogP) is 3.43. The molecule has 0 spiro atoms. The lowest BCUT2D eigenvalue weighted by Crippen LogP contribution is -2.22. The number of nitrogens with one attached hydrogen (secondary N) is 2. The third kappa shape index (κ3) is 3.55. The Hall–Kier alpha value is -2.11. The Morgan fingerprint density at radius 2 is 1.86 bits per heavy atom. The lowest BCUT2D eigenvalue weighted by Gasteiger charge is -2.09. The molecule has 0 saturated carbocycles. The fourth-order valence-electron chi connectivity index (χ4n) is 2.19. The molecular weight excluding hydrogens is 344 g/mol. The monoisotopic (exact) mass is 358 g/mol. The summed E-state index contributed by atoms with van der Waals surface area (Å²) in [5.41, 5.74) is 5.44. The molecule has 0 aromatic heterocycles. The first-order chi connectivity index (χ1) is 10.7. The van der Waals surface area contributed by atoms with Crippen LogP contribution in [0.5, 0.6) is 0 Å². The number of carbonyl (C=O) groups is 1. The summed E-state index contributed by atoms with van der Waals surface area (Å²) in [4.78, 5) is 17.5. The van der Waals surface area contributed by atoms with Crippen LogP contribution >= 0.6 is 15.9 Å². The van der Waals surface area contributed by atoms with Crippen molar-refractivity contribution in [2.75, 3.05) is 0 Å². The molecule has 0 bridgehead atoms. The van der Waals surface area contributed by atoms with Crippen molar-refractivity contribution in [2.24, 2.45) is 0 Å². The van der Waals surface area contributed by atoms with Gasteiger partial charge in [0.25, 0.3) is 5.91 Å². The Kier molecular flexibility index (Phi) is 4.56. The van der Waals surface area contributed by atoms with Gasteiger partial charge in [-0.15, -0.1) is 0 Å². The van der Waals surface area contributed by atoms with Crippen LogP contribution in [0.25, 0.3) is 0 Å². The third-order valence-corrected chi connectivity index (χ3v) is 3.80. The molecule has 0 fully saturated rings. The van der Waals surface area contributed by atoms with Crippen molar-refractivity contribution in [1.29, 1.82) is 0 Å². The summed E-state index contributed by atoms with van der Waals surface area (Å²) < 4.78 is 0.808. The van der Waals surface area contributed by atoms with Crippen molar-refractivity contribution in [3.05, 3.63) is 82.0 Å². The van der Waals surface area contributed by atoms with Crippen LogP contribution in [0.2, 0.25) is 0 Å². The molecule has 0 saturated heterocycles. The van der Waals surface area contributed by atoms with Gasteiger partial charge in [0.15, 0.2) is 0 Å². The molecule has 1 aliphatic rings. The number of halogens is 1. The minimum absolute atomic E-state index is 0.0856. The molecule has 2 N–H and O–H groups in total. The second-order valence-electron chi connectivity index (χ2n) is 4.95. The second kappa shape index (κ2) is 6.77. The summed E-state index contributed by atoms with van der Waals surface area (Å²) in [6.45, 7) is 0.521. The molecule has 3 rings (SSSR count). The van der Waals surface area contributed by atoms with E-state index < -0.39 is 0 Å². The second-order valence-corrected chi connectivity index (χ2v) is 5.80. The predicted molar refractivity (Wildman–Crippen MR) is 88.0 cm³/mol. The zero-order valence-corrected chi connectivity index (χ0v) is 13.3. The summed E-state index contributed by atoms with van der Waals surface area (Å²) in [6, 6.07) is 17.2. The van der Waals surface area contributed by atoms with E-state index in [1.807, 2.05) is 48.5 Å². The number of hydrogen-bond donors (Lipinski definition) is 2. The van der Waals surface area contributed by atoms with Crippen molar-refractivity contribution in [3.63, 3.8) is 0 Å². The SMILES string of the molecule is O=C(NCc1ccccc1)c1ccc([C@@H]2C=C(Br)NO2)cc1. The lowest BCUT2D eigenvalue weighted by atomic mass is 10.1. The van der Waals surface area contributed by atoms with Gasteiger partial charge >= 0.3 is 0 Å². The van der Waals surface area contributed by atoms with E-state index in [1.54, 1.807) is 12.1 Å². The molecule has 4 nitrogen and oxygen atoms in total. The van der Waals surface area contributed by atoms with Crippen molar-refractivity contribution in [2.45, 2.75) is 12.6 Å². The van der Waals surface area contributed by atoms with E-state index in [0.717, 1.165) is 15.7 Å². The van der Waals surface area contributed by atoms with Crippen molar-refractivity contribution < 1.29 is 9.63 Å². The highest BCUT2D eigenvalue weighted by molar-refractivity contribution is 9.11. The van der Waals surface area contributed by atoms with Gasteiger partial charge in [0.05, 0.1) is 0 Å². The molecule has 1 atom stereocenters. The summed E-state index contributed by atoms with van der Waals surface area (Å²) in [6.07, 6.45) is 1.78. The van der Waals surface area contributed by atoms with E-state index in [4.69, 9.17) is 4.84 Å². The summed E-state index contributed by atoms with van der Waals surface area (Å²) >= 11 is 3.32. The fraction of sp³-hybridized carbons (Fsp3) is 0.118. The van der Waals surface area contributed by atoms with Crippen LogP contribution in [0.3, 0.4) is 0 Å². The molecule has 5 heteroatoms. The molecule has 2 aromatic rings. The van der Waals surface area contributed by atoms with Crippen LogP contribution in [-0.4, -0.2) is 5.91 Å². The first-order valence-electron chi connectivity index (χ1n) is 6.93. The molecule has 2 aromatic carbocycles. The van der Waals surface area contributed by atoms with Crippen LogP contribution in [0.1, 0.15) is 27.6 Å². The van der Waals surface area contributed by atoms with Gasteiger partial charge in [0.1, 0.15) is 10.7 Å². The van der Waals surface area contributed by atoms with Crippen LogP contribution in [0.15, 0.2) is 65.3 Å². The minimum atomic E-state index is -0.143. The van der Waals surface area contributed by atoms with Crippen LogP contribution in [-0.2, 0) is 11.4 Å². The summed E-state index contributed by atoms with van der Waals surface area (Å²) in [5.74, 6) is -0.0856. The summed E-state index contributed by atoms with van der Waals surface area (Å²) in [7, 11) is 0. The number of benzene rings is 2. The molecule has 0 aliphatic carbocycles. The van der Waals surface area contributed by atoms with Gasteiger partial charge in [-0.05, 0) is 45.3 Å². The van der Waals surface area contributed by atoms with E-state index in [0.29, 0.717) is 12.1 Å². The quantitative estimate of drug-likeness (QED) is 0.823. The smallest absolute Gasteiger partial charge is 0.251 e. The van der Waals surface area contributed by atoms with Crippen molar-refractivity contribution in [1.82, 2.24) is 10.8 Å². The maximum atomic E-state index is 12.1. The highest BCUT2D eigenvalue weighted by atomic mass is 79.9. The number of amides is 1. The van der Waals surface area contributed by atoms with Gasteiger partial charge in [-0.2, -0.15) is 0 Å². The number of rotatable bonds is 4. The Morgan fingerprint density at radius 1 is 1.14 bits per heavy atom. The van der Waals surface area contributed by atoms with E-state index >= 15 is 0 Å². The zero-order valence-electron chi connectivity index (χ0n) is 11.8. The Morgan fingerprint density at radius 3 is 2.50 bits per heavy atom. The molecule has 0 radical (unpaired) electrons. The average molecular weight is 359 g/mol. The molecule has 112 valence electrons. The van der Waals surface area contributed by atoms with Crippen LogP contribution < -0.4 is 10.8 Å². The maximum absolute atomic E-state index is 12.1. The Balaban J connectivity index is 1.61. The van der Waals surface area contributed by atoms with Gasteiger partial charge in [-0.3, -0.25) is 15.1 Å². The molecular formula is C17H15BrN2O2. The van der Waals surface area contributed by atoms with Crippen molar-refractivity contribution in [3.8, 4) is 0 Å². The van der Waals surface area contributed by atoms with E-state index in [2.05, 4.69) is 26.7 Å². The van der Waals surface area contributed by atoms with E-state index in [-0.39, 0.29) is 12.0 Å². The molecule has 1 heterocycles. The van der Waals surface area contributed by atoms with Gasteiger partial charge in [0.2, 0.25) is 0 Å². The normalized spacial score (nSPS) is 16.8. The van der Waals surface area contributed by atoms with Crippen LogP contribution in [0.4, 0.5) is 0 Å². The van der Waals surface area contributed by atoms with Gasteiger partial charge in [-0.1, -0.05) is 42.5 Å². The Labute approximate surface area is 137 Å². The topological polar surface area (TPSA) is 50.4 Å². The first-order valence-corrected chi connectivity index (χ1v) is 7.73. The number of hydroxylamine groups is 1. The maximum Gasteiger partial charge on any atom is 0.251 e. The average Bonchev–Trinajstić information content (AvgIpc) is 3.00. The Bertz CT molecular complexity index is 684. The van der Waals surface area contributed by atoms with Gasteiger partial charge in [0, 0.05) is 12.1 Å². The van der Waals surface area contributed by atoms with E-state index in [9.17, 15) is 4.79 Å². The first kappa shape index (κ1) is 14.8. The number of carbonyl (C=O) groups excluding carboxylic acids is 1. The summed E-state index contributed by atoms with van der Waals surface area (Å²) in [5, 5.41) is 2.91. The third-order valence-electron chi connectivity index (χ3n) is 3.38. The highest BCUT2D eigenvalue weighted by Crippen LogP contribution is 2.26. The van der Waals surface area contributed by atoms with Gasteiger partial charge < -0.3 is 5.32 Å². The molecule has 1 aliphatic heterocycles. The van der Waals surface area contributed by atoms with Crippen LogP contribution in [0, 0.1) is 0 Å².